The number of aromatic nitrogens is 2. The Labute approximate surface area is 163 Å². The van der Waals surface area contributed by atoms with Gasteiger partial charge in [-0.25, -0.2) is 14.8 Å². The second kappa shape index (κ2) is 9.32. The van der Waals surface area contributed by atoms with E-state index in [4.69, 9.17) is 16.3 Å². The molecule has 0 aliphatic rings. The fraction of sp³-hybridized carbons (Fsp3) is 0.368. The number of anilines is 2. The summed E-state index contributed by atoms with van der Waals surface area (Å²) in [6, 6.07) is 6.29. The molecule has 7 nitrogen and oxygen atoms in total. The Hall–Kier alpha value is -2.67. The van der Waals surface area contributed by atoms with E-state index in [1.807, 2.05) is 0 Å². The van der Waals surface area contributed by atoms with Gasteiger partial charge in [-0.3, -0.25) is 4.79 Å². The smallest absolute Gasteiger partial charge is 0.337 e. The molecule has 2 rings (SSSR count). The first-order valence-electron chi connectivity index (χ1n) is 8.59. The molecule has 0 saturated heterocycles. The molecule has 2 N–H and O–H groups in total. The molecule has 2 aromatic rings. The summed E-state index contributed by atoms with van der Waals surface area (Å²) in [4.78, 5) is 32.5. The summed E-state index contributed by atoms with van der Waals surface area (Å²) in [5.74, 6) is -0.0319. The summed E-state index contributed by atoms with van der Waals surface area (Å²) < 4.78 is 4.71. The minimum atomic E-state index is -0.481. The Morgan fingerprint density at radius 3 is 2.63 bits per heavy atom. The number of carbonyl (C=O) groups is 2. The maximum absolute atomic E-state index is 12.3. The Morgan fingerprint density at radius 2 is 1.96 bits per heavy atom. The van der Waals surface area contributed by atoms with Gasteiger partial charge in [0, 0.05) is 12.2 Å². The lowest BCUT2D eigenvalue weighted by Crippen LogP contribution is -2.26. The Bertz CT molecular complexity index is 840. The molecule has 0 fully saturated rings. The van der Waals surface area contributed by atoms with Crippen molar-refractivity contribution in [2.45, 2.75) is 27.2 Å². The van der Waals surface area contributed by atoms with Crippen molar-refractivity contribution in [1.82, 2.24) is 15.3 Å². The van der Waals surface area contributed by atoms with Crippen molar-refractivity contribution < 1.29 is 14.3 Å². The van der Waals surface area contributed by atoms with E-state index >= 15 is 0 Å². The topological polar surface area (TPSA) is 93.2 Å². The summed E-state index contributed by atoms with van der Waals surface area (Å²) in [6.45, 7) is 6.53. The number of aryl methyl sites for hydroxylation is 1. The second-order valence-corrected chi connectivity index (χ2v) is 6.88. The highest BCUT2D eigenvalue weighted by Gasteiger charge is 2.13. The van der Waals surface area contributed by atoms with Crippen molar-refractivity contribution in [3.63, 3.8) is 0 Å². The SMILES string of the molecule is COC(=O)c1ccc(Cl)c(Nc2nc(C)cc(C(=O)NCCC(C)C)n2)c1. The molecule has 0 aliphatic carbocycles. The molecule has 144 valence electrons. The first-order chi connectivity index (χ1) is 12.8. The molecule has 0 atom stereocenters. The Balaban J connectivity index is 2.21. The summed E-state index contributed by atoms with van der Waals surface area (Å²) in [5.41, 5.74) is 1.66. The highest BCUT2D eigenvalue weighted by atomic mass is 35.5. The number of rotatable bonds is 7. The molecule has 1 aromatic carbocycles. The number of amides is 1. The Morgan fingerprint density at radius 1 is 1.22 bits per heavy atom. The molecule has 0 bridgehead atoms. The van der Waals surface area contributed by atoms with Crippen LogP contribution >= 0.6 is 11.6 Å². The molecule has 0 saturated carbocycles. The molecule has 1 aromatic heterocycles. The lowest BCUT2D eigenvalue weighted by molar-refractivity contribution is 0.0600. The number of halogens is 1. The van der Waals surface area contributed by atoms with Gasteiger partial charge in [-0.1, -0.05) is 25.4 Å². The van der Waals surface area contributed by atoms with Crippen LogP contribution in [0.15, 0.2) is 24.3 Å². The zero-order valence-electron chi connectivity index (χ0n) is 15.8. The standard InChI is InChI=1S/C19H23ClN4O3/c1-11(2)7-8-21-17(25)16-9-12(3)22-19(24-16)23-15-10-13(18(26)27-4)5-6-14(15)20/h5-6,9-11H,7-8H2,1-4H3,(H,21,25)(H,22,23,24). The average molecular weight is 391 g/mol. The van der Waals surface area contributed by atoms with Crippen molar-refractivity contribution in [1.29, 1.82) is 0 Å². The third-order valence-electron chi connectivity index (χ3n) is 3.73. The third kappa shape index (κ3) is 5.92. The van der Waals surface area contributed by atoms with Crippen LogP contribution in [0.25, 0.3) is 0 Å². The van der Waals surface area contributed by atoms with Gasteiger partial charge in [0.1, 0.15) is 5.69 Å². The number of benzene rings is 1. The van der Waals surface area contributed by atoms with Crippen molar-refractivity contribution >= 4 is 35.1 Å². The summed E-state index contributed by atoms with van der Waals surface area (Å²) >= 11 is 6.18. The van der Waals surface area contributed by atoms with E-state index in [1.54, 1.807) is 31.2 Å². The first kappa shape index (κ1) is 20.6. The summed E-state index contributed by atoms with van der Waals surface area (Å²) in [6.07, 6.45) is 0.886. The van der Waals surface area contributed by atoms with E-state index in [0.29, 0.717) is 34.4 Å². The summed E-state index contributed by atoms with van der Waals surface area (Å²) in [5, 5.41) is 6.19. The number of carbonyl (C=O) groups excluding carboxylic acids is 2. The van der Waals surface area contributed by atoms with Crippen LogP contribution in [0.4, 0.5) is 11.6 Å². The maximum Gasteiger partial charge on any atom is 0.337 e. The molecule has 1 heterocycles. The number of hydrogen-bond donors (Lipinski definition) is 2. The number of nitrogens with zero attached hydrogens (tertiary/aromatic N) is 2. The van der Waals surface area contributed by atoms with Crippen molar-refractivity contribution in [2.24, 2.45) is 5.92 Å². The molecule has 27 heavy (non-hydrogen) atoms. The maximum atomic E-state index is 12.3. The van der Waals surface area contributed by atoms with Gasteiger partial charge < -0.3 is 15.4 Å². The van der Waals surface area contributed by atoms with E-state index in [2.05, 4.69) is 34.4 Å². The number of nitrogens with one attached hydrogen (secondary N) is 2. The molecule has 0 radical (unpaired) electrons. The van der Waals surface area contributed by atoms with Crippen LogP contribution in [0.2, 0.25) is 5.02 Å². The minimum Gasteiger partial charge on any atom is -0.465 e. The summed E-state index contributed by atoms with van der Waals surface area (Å²) in [7, 11) is 1.30. The van der Waals surface area contributed by atoms with E-state index in [0.717, 1.165) is 6.42 Å². The van der Waals surface area contributed by atoms with Gasteiger partial charge in [-0.05, 0) is 43.5 Å². The van der Waals surface area contributed by atoms with E-state index in [-0.39, 0.29) is 17.5 Å². The van der Waals surface area contributed by atoms with Crippen LogP contribution in [0, 0.1) is 12.8 Å². The number of methoxy groups -OCH3 is 1. The second-order valence-electron chi connectivity index (χ2n) is 6.47. The lowest BCUT2D eigenvalue weighted by atomic mass is 10.1. The van der Waals surface area contributed by atoms with Gasteiger partial charge in [0.25, 0.3) is 5.91 Å². The lowest BCUT2D eigenvalue weighted by Gasteiger charge is -2.11. The Kier molecular flexibility index (Phi) is 7.12. The van der Waals surface area contributed by atoms with Crippen LogP contribution in [-0.4, -0.2) is 35.5 Å². The van der Waals surface area contributed by atoms with E-state index < -0.39 is 5.97 Å². The van der Waals surface area contributed by atoms with Gasteiger partial charge in [0.2, 0.25) is 5.95 Å². The quantitative estimate of drug-likeness (QED) is 0.699. The average Bonchev–Trinajstić information content (AvgIpc) is 2.62. The van der Waals surface area contributed by atoms with Crippen LogP contribution < -0.4 is 10.6 Å². The van der Waals surface area contributed by atoms with Crippen molar-refractivity contribution in [3.8, 4) is 0 Å². The third-order valence-corrected chi connectivity index (χ3v) is 4.06. The fourth-order valence-electron chi connectivity index (χ4n) is 2.29. The zero-order valence-corrected chi connectivity index (χ0v) is 16.6. The van der Waals surface area contributed by atoms with Gasteiger partial charge in [0.15, 0.2) is 0 Å². The largest absolute Gasteiger partial charge is 0.465 e. The minimum absolute atomic E-state index is 0.216. The molecule has 0 unspecified atom stereocenters. The predicted molar refractivity (Wildman–Crippen MR) is 105 cm³/mol. The fourth-order valence-corrected chi connectivity index (χ4v) is 2.46. The molecule has 1 amide bonds. The van der Waals surface area contributed by atoms with Gasteiger partial charge in [-0.2, -0.15) is 0 Å². The van der Waals surface area contributed by atoms with Crippen LogP contribution in [-0.2, 0) is 4.74 Å². The molecular formula is C19H23ClN4O3. The van der Waals surface area contributed by atoms with Crippen molar-refractivity contribution in [3.05, 3.63) is 46.2 Å². The number of esters is 1. The van der Waals surface area contributed by atoms with Crippen LogP contribution in [0.5, 0.6) is 0 Å². The highest BCUT2D eigenvalue weighted by molar-refractivity contribution is 6.33. The predicted octanol–water partition coefficient (Wildman–Crippen LogP) is 3.74. The molecule has 8 heteroatoms. The number of ether oxygens (including phenoxy) is 1. The zero-order chi connectivity index (χ0) is 20.0. The van der Waals surface area contributed by atoms with Crippen molar-refractivity contribution in [2.75, 3.05) is 19.0 Å². The molecule has 0 spiro atoms. The van der Waals surface area contributed by atoms with Crippen LogP contribution in [0.1, 0.15) is 46.8 Å². The normalized spacial score (nSPS) is 10.6. The van der Waals surface area contributed by atoms with E-state index in [1.165, 1.54) is 7.11 Å². The monoisotopic (exact) mass is 390 g/mol. The number of hydrogen-bond acceptors (Lipinski definition) is 6. The van der Waals surface area contributed by atoms with Gasteiger partial charge >= 0.3 is 5.97 Å². The van der Waals surface area contributed by atoms with Gasteiger partial charge in [0.05, 0.1) is 23.4 Å². The van der Waals surface area contributed by atoms with Crippen LogP contribution in [0.3, 0.4) is 0 Å². The highest BCUT2D eigenvalue weighted by Crippen LogP contribution is 2.26. The van der Waals surface area contributed by atoms with E-state index in [9.17, 15) is 9.59 Å². The molecular weight excluding hydrogens is 368 g/mol. The van der Waals surface area contributed by atoms with Gasteiger partial charge in [-0.15, -0.1) is 0 Å². The first-order valence-corrected chi connectivity index (χ1v) is 8.96. The molecule has 0 aliphatic heterocycles.